The largest absolute Gasteiger partial charge is 0.369 e. The van der Waals surface area contributed by atoms with Crippen LogP contribution in [0.1, 0.15) is 0 Å². The van der Waals surface area contributed by atoms with Crippen LogP contribution >= 0.6 is 11.8 Å². The Morgan fingerprint density at radius 1 is 1.88 bits per heavy atom. The van der Waals surface area contributed by atoms with Crippen LogP contribution in [-0.4, -0.2) is 17.4 Å². The molecule has 0 radical (unpaired) electrons. The predicted molar refractivity (Wildman–Crippen MR) is 35.4 cm³/mol. The molecule has 0 saturated heterocycles. The molecule has 3 heteroatoms. The van der Waals surface area contributed by atoms with Crippen molar-refractivity contribution in [2.45, 2.75) is 0 Å². The summed E-state index contributed by atoms with van der Waals surface area (Å²) in [4.78, 5) is 10.0. The van der Waals surface area contributed by atoms with Crippen molar-refractivity contribution >= 4 is 17.7 Å². The lowest BCUT2D eigenvalue weighted by molar-refractivity contribution is -0.115. The van der Waals surface area contributed by atoms with E-state index in [2.05, 4.69) is 5.92 Å². The van der Waals surface area contributed by atoms with Gasteiger partial charge in [0, 0.05) is 0 Å². The zero-order chi connectivity index (χ0) is 6.41. The molecule has 0 unspecified atom stereocenters. The summed E-state index contributed by atoms with van der Waals surface area (Å²) in [5.74, 6) is 2.95. The Labute approximate surface area is 52.8 Å². The number of rotatable bonds is 3. The number of hydrogen-bond acceptors (Lipinski definition) is 2. The molecule has 8 heavy (non-hydrogen) atoms. The average Bonchev–Trinajstić information content (AvgIpc) is 1.66. The van der Waals surface area contributed by atoms with E-state index in [0.717, 1.165) is 0 Å². The second kappa shape index (κ2) is 4.54. The third-order valence-corrected chi connectivity index (χ3v) is 1.29. The van der Waals surface area contributed by atoms with Crippen molar-refractivity contribution in [3.05, 3.63) is 0 Å². The lowest BCUT2D eigenvalue weighted by Gasteiger charge is -1.87. The Morgan fingerprint density at radius 2 is 2.50 bits per heavy atom. The Hall–Kier alpha value is -0.620. The van der Waals surface area contributed by atoms with Gasteiger partial charge in [-0.1, -0.05) is 5.92 Å². The summed E-state index contributed by atoms with van der Waals surface area (Å²) in [6, 6.07) is 0. The summed E-state index contributed by atoms with van der Waals surface area (Å²) in [6.45, 7) is 0. The van der Waals surface area contributed by atoms with Gasteiger partial charge in [0.1, 0.15) is 0 Å². The summed E-state index contributed by atoms with van der Waals surface area (Å²) in [5, 5.41) is 0. The molecule has 1 amide bonds. The standard InChI is InChI=1S/C5H7NOS/c1-2-3-8-4-5(6)7/h1H,3-4H2,(H2,6,7). The molecule has 0 aliphatic carbocycles. The second-order valence-electron chi connectivity index (χ2n) is 1.16. The number of hydrogen-bond donors (Lipinski definition) is 1. The van der Waals surface area contributed by atoms with Gasteiger partial charge in [0.2, 0.25) is 5.91 Å². The first-order chi connectivity index (χ1) is 3.77. The molecule has 0 heterocycles. The minimum atomic E-state index is -0.315. The minimum Gasteiger partial charge on any atom is -0.369 e. The first-order valence-corrected chi connectivity index (χ1v) is 3.22. The van der Waals surface area contributed by atoms with Gasteiger partial charge in [0.15, 0.2) is 0 Å². The number of thioether (sulfide) groups is 1. The Balaban J connectivity index is 2.97. The Morgan fingerprint density at radius 3 is 2.88 bits per heavy atom. The van der Waals surface area contributed by atoms with Gasteiger partial charge in [-0.2, -0.15) is 0 Å². The fraction of sp³-hybridized carbons (Fsp3) is 0.400. The lowest BCUT2D eigenvalue weighted by atomic mass is 10.8. The lowest BCUT2D eigenvalue weighted by Crippen LogP contribution is -2.13. The summed E-state index contributed by atoms with van der Waals surface area (Å²) >= 11 is 1.35. The molecule has 2 N–H and O–H groups in total. The summed E-state index contributed by atoms with van der Waals surface area (Å²) in [5.41, 5.74) is 4.80. The van der Waals surface area contributed by atoms with Gasteiger partial charge in [-0.05, 0) is 0 Å². The van der Waals surface area contributed by atoms with E-state index in [0.29, 0.717) is 11.5 Å². The highest BCUT2D eigenvalue weighted by Gasteiger charge is 1.89. The fourth-order valence-corrected chi connectivity index (χ4v) is 0.632. The van der Waals surface area contributed by atoms with Crippen molar-refractivity contribution in [3.8, 4) is 12.3 Å². The van der Waals surface area contributed by atoms with Crippen LogP contribution in [0.4, 0.5) is 0 Å². The molecule has 0 aliphatic heterocycles. The van der Waals surface area contributed by atoms with E-state index in [1.165, 1.54) is 11.8 Å². The van der Waals surface area contributed by atoms with Crippen molar-refractivity contribution in [2.24, 2.45) is 5.73 Å². The van der Waals surface area contributed by atoms with Crippen LogP contribution in [-0.2, 0) is 4.79 Å². The molecule has 0 aromatic rings. The van der Waals surface area contributed by atoms with Crippen molar-refractivity contribution in [1.29, 1.82) is 0 Å². The number of carbonyl (C=O) groups excluding carboxylic acids is 1. The molecule has 0 aromatic heterocycles. The zero-order valence-corrected chi connectivity index (χ0v) is 5.20. The summed E-state index contributed by atoms with van der Waals surface area (Å²) in [6.07, 6.45) is 4.89. The summed E-state index contributed by atoms with van der Waals surface area (Å²) in [7, 11) is 0. The average molecular weight is 129 g/mol. The topological polar surface area (TPSA) is 43.1 Å². The van der Waals surface area contributed by atoms with Crippen LogP contribution in [0.15, 0.2) is 0 Å². The van der Waals surface area contributed by atoms with Gasteiger partial charge in [0.05, 0.1) is 11.5 Å². The number of terminal acetylenes is 1. The van der Waals surface area contributed by atoms with Crippen molar-refractivity contribution in [3.63, 3.8) is 0 Å². The molecule has 0 aromatic carbocycles. The first kappa shape index (κ1) is 7.38. The molecule has 0 rings (SSSR count). The molecule has 0 aliphatic rings. The van der Waals surface area contributed by atoms with Crippen LogP contribution in [0.2, 0.25) is 0 Å². The quantitative estimate of drug-likeness (QED) is 0.425. The maximum Gasteiger partial charge on any atom is 0.227 e. The smallest absolute Gasteiger partial charge is 0.227 e. The number of amides is 1. The van der Waals surface area contributed by atoms with Crippen LogP contribution in [0.25, 0.3) is 0 Å². The van der Waals surface area contributed by atoms with Crippen LogP contribution in [0, 0.1) is 12.3 Å². The SMILES string of the molecule is C#CCSCC(N)=O. The van der Waals surface area contributed by atoms with Crippen LogP contribution in [0.3, 0.4) is 0 Å². The molecule has 2 nitrogen and oxygen atoms in total. The highest BCUT2D eigenvalue weighted by molar-refractivity contribution is 8.00. The molecule has 0 saturated carbocycles. The Bertz CT molecular complexity index is 116. The van der Waals surface area contributed by atoms with Gasteiger partial charge in [0.25, 0.3) is 0 Å². The highest BCUT2D eigenvalue weighted by atomic mass is 32.2. The third-order valence-electron chi connectivity index (χ3n) is 0.430. The van der Waals surface area contributed by atoms with Crippen molar-refractivity contribution < 1.29 is 4.79 Å². The molecule has 44 valence electrons. The minimum absolute atomic E-state index is 0.315. The van der Waals surface area contributed by atoms with E-state index in [4.69, 9.17) is 12.2 Å². The van der Waals surface area contributed by atoms with Crippen LogP contribution in [0.5, 0.6) is 0 Å². The molecule has 0 atom stereocenters. The normalized spacial score (nSPS) is 7.88. The second-order valence-corrected chi connectivity index (χ2v) is 2.15. The Kier molecular flexibility index (Phi) is 4.19. The summed E-state index contributed by atoms with van der Waals surface area (Å²) < 4.78 is 0. The predicted octanol–water partition coefficient (Wildman–Crippen LogP) is -0.162. The van der Waals surface area contributed by atoms with Gasteiger partial charge in [-0.3, -0.25) is 4.79 Å². The van der Waals surface area contributed by atoms with Crippen molar-refractivity contribution in [2.75, 3.05) is 11.5 Å². The molecule has 0 fully saturated rings. The van der Waals surface area contributed by atoms with E-state index in [1.807, 2.05) is 0 Å². The van der Waals surface area contributed by atoms with Gasteiger partial charge in [-0.25, -0.2) is 0 Å². The highest BCUT2D eigenvalue weighted by Crippen LogP contribution is 1.94. The number of nitrogens with two attached hydrogens (primary N) is 1. The van der Waals surface area contributed by atoms with E-state index in [-0.39, 0.29) is 5.91 Å². The van der Waals surface area contributed by atoms with E-state index >= 15 is 0 Å². The molecule has 0 spiro atoms. The zero-order valence-electron chi connectivity index (χ0n) is 4.39. The number of carbonyl (C=O) groups is 1. The third kappa shape index (κ3) is 5.38. The maximum absolute atomic E-state index is 10.0. The molecular weight excluding hydrogens is 122 g/mol. The van der Waals surface area contributed by atoms with E-state index < -0.39 is 0 Å². The molecule has 0 bridgehead atoms. The fourth-order valence-electron chi connectivity index (χ4n) is 0.211. The van der Waals surface area contributed by atoms with Crippen LogP contribution < -0.4 is 5.73 Å². The van der Waals surface area contributed by atoms with Gasteiger partial charge < -0.3 is 5.73 Å². The monoisotopic (exact) mass is 129 g/mol. The van der Waals surface area contributed by atoms with Crippen molar-refractivity contribution in [1.82, 2.24) is 0 Å². The van der Waals surface area contributed by atoms with E-state index in [9.17, 15) is 4.79 Å². The van der Waals surface area contributed by atoms with Gasteiger partial charge in [-0.15, -0.1) is 18.2 Å². The molecular formula is C5H7NOS. The van der Waals surface area contributed by atoms with E-state index in [1.54, 1.807) is 0 Å². The maximum atomic E-state index is 10.0. The van der Waals surface area contributed by atoms with Gasteiger partial charge >= 0.3 is 0 Å². The first-order valence-electron chi connectivity index (χ1n) is 2.07. The number of primary amides is 1.